The van der Waals surface area contributed by atoms with Crippen LogP contribution in [0.3, 0.4) is 0 Å². The van der Waals surface area contributed by atoms with Crippen molar-refractivity contribution in [2.75, 3.05) is 37.7 Å². The molecule has 5 heteroatoms. The van der Waals surface area contributed by atoms with Crippen LogP contribution in [0.25, 0.3) is 0 Å². The van der Waals surface area contributed by atoms with Gasteiger partial charge in [0.05, 0.1) is 5.69 Å². The van der Waals surface area contributed by atoms with E-state index < -0.39 is 0 Å². The summed E-state index contributed by atoms with van der Waals surface area (Å²) in [5.41, 5.74) is 1.33. The summed E-state index contributed by atoms with van der Waals surface area (Å²) in [5, 5.41) is 0. The third kappa shape index (κ3) is 3.14. The maximum atomic E-state index is 12.2. The van der Waals surface area contributed by atoms with Crippen LogP contribution < -0.4 is 9.64 Å². The zero-order valence-electron chi connectivity index (χ0n) is 13.0. The van der Waals surface area contributed by atoms with Gasteiger partial charge in [0, 0.05) is 18.7 Å². The highest BCUT2D eigenvalue weighted by Crippen LogP contribution is 2.33. The van der Waals surface area contributed by atoms with Crippen molar-refractivity contribution in [1.82, 2.24) is 4.90 Å². The number of carbonyl (C=O) groups excluding carboxylic acids is 2. The number of ether oxygens (including phenoxy) is 1. The number of Topliss-reactive ketones (excluding diaryl/α,β-unsaturated/α-hetero) is 1. The molecule has 0 bridgehead atoms. The zero-order valence-corrected chi connectivity index (χ0v) is 13.0. The van der Waals surface area contributed by atoms with Gasteiger partial charge in [-0.25, -0.2) is 0 Å². The number of benzene rings is 1. The van der Waals surface area contributed by atoms with Gasteiger partial charge in [0.2, 0.25) is 0 Å². The van der Waals surface area contributed by atoms with Gasteiger partial charge in [-0.3, -0.25) is 9.59 Å². The normalized spacial score (nSPS) is 18.8. The largest absolute Gasteiger partial charge is 0.482 e. The number of amides is 1. The minimum Gasteiger partial charge on any atom is -0.482 e. The Bertz CT molecular complexity index is 579. The van der Waals surface area contributed by atoms with E-state index in [1.54, 1.807) is 23.1 Å². The minimum absolute atomic E-state index is 0.00296. The van der Waals surface area contributed by atoms with Gasteiger partial charge in [0.15, 0.2) is 12.4 Å². The number of hydrogen-bond donors (Lipinski definition) is 0. The quantitative estimate of drug-likeness (QED) is 0.799. The number of ketones is 1. The molecule has 1 aromatic carbocycles. The fourth-order valence-corrected chi connectivity index (χ4v) is 3.09. The fraction of sp³-hybridized carbons (Fsp3) is 0.529. The predicted molar refractivity (Wildman–Crippen MR) is 84.6 cm³/mol. The van der Waals surface area contributed by atoms with E-state index in [1.165, 1.54) is 26.2 Å². The average Bonchev–Trinajstić information content (AvgIpc) is 2.54. The molecule has 2 aliphatic rings. The van der Waals surface area contributed by atoms with Crippen molar-refractivity contribution in [3.8, 4) is 5.75 Å². The summed E-state index contributed by atoms with van der Waals surface area (Å²) < 4.78 is 5.48. The molecule has 1 saturated heterocycles. The highest BCUT2D eigenvalue weighted by atomic mass is 16.5. The van der Waals surface area contributed by atoms with Crippen LogP contribution in [0.15, 0.2) is 18.2 Å². The van der Waals surface area contributed by atoms with Gasteiger partial charge < -0.3 is 14.5 Å². The Morgan fingerprint density at radius 1 is 1.18 bits per heavy atom. The van der Waals surface area contributed by atoms with Gasteiger partial charge in [-0.15, -0.1) is 0 Å². The second kappa shape index (κ2) is 6.48. The van der Waals surface area contributed by atoms with Crippen LogP contribution in [-0.4, -0.2) is 49.4 Å². The Morgan fingerprint density at radius 2 is 1.95 bits per heavy atom. The van der Waals surface area contributed by atoms with Gasteiger partial charge in [-0.2, -0.15) is 0 Å². The van der Waals surface area contributed by atoms with E-state index in [9.17, 15) is 9.59 Å². The molecular formula is C17H22N2O3. The first-order valence-corrected chi connectivity index (χ1v) is 7.95. The summed E-state index contributed by atoms with van der Waals surface area (Å²) in [4.78, 5) is 27.9. The Kier molecular flexibility index (Phi) is 4.43. The molecule has 1 fully saturated rings. The molecule has 0 saturated carbocycles. The van der Waals surface area contributed by atoms with Crippen molar-refractivity contribution in [3.63, 3.8) is 0 Å². The number of fused-ring (bicyclic) bond motifs is 1. The van der Waals surface area contributed by atoms with Gasteiger partial charge in [0.25, 0.3) is 5.91 Å². The third-order valence-electron chi connectivity index (χ3n) is 4.40. The lowest BCUT2D eigenvalue weighted by Crippen LogP contribution is -2.44. The zero-order chi connectivity index (χ0) is 15.5. The first-order valence-electron chi connectivity index (χ1n) is 7.95. The fourth-order valence-electron chi connectivity index (χ4n) is 3.09. The van der Waals surface area contributed by atoms with Crippen LogP contribution in [-0.2, 0) is 4.79 Å². The lowest BCUT2D eigenvalue weighted by Gasteiger charge is -2.33. The summed E-state index contributed by atoms with van der Waals surface area (Å²) in [7, 11) is 0. The van der Waals surface area contributed by atoms with Gasteiger partial charge in [0.1, 0.15) is 5.75 Å². The molecule has 0 radical (unpaired) electrons. The number of nitrogens with zero attached hydrogens (tertiary/aromatic N) is 2. The van der Waals surface area contributed by atoms with Crippen molar-refractivity contribution in [2.24, 2.45) is 0 Å². The van der Waals surface area contributed by atoms with E-state index in [4.69, 9.17) is 4.74 Å². The molecule has 0 spiro atoms. The summed E-state index contributed by atoms with van der Waals surface area (Å²) in [5.74, 6) is 0.644. The summed E-state index contributed by atoms with van der Waals surface area (Å²) >= 11 is 0. The van der Waals surface area contributed by atoms with E-state index in [-0.39, 0.29) is 18.3 Å². The molecule has 2 heterocycles. The molecule has 0 aliphatic carbocycles. The molecule has 1 aromatic rings. The van der Waals surface area contributed by atoms with Crippen molar-refractivity contribution >= 4 is 17.4 Å². The van der Waals surface area contributed by atoms with E-state index in [0.29, 0.717) is 17.9 Å². The van der Waals surface area contributed by atoms with Crippen LogP contribution in [0.5, 0.6) is 5.75 Å². The van der Waals surface area contributed by atoms with Gasteiger partial charge >= 0.3 is 0 Å². The van der Waals surface area contributed by atoms with E-state index in [2.05, 4.69) is 4.90 Å². The smallest absolute Gasteiger partial charge is 0.265 e. The molecule has 5 nitrogen and oxygen atoms in total. The Hall–Kier alpha value is -1.88. The van der Waals surface area contributed by atoms with E-state index in [1.807, 2.05) is 0 Å². The highest BCUT2D eigenvalue weighted by Gasteiger charge is 2.26. The Balaban J connectivity index is 1.77. The number of likely N-dealkylation sites (tertiary alicyclic amines) is 1. The van der Waals surface area contributed by atoms with Crippen LogP contribution in [0.1, 0.15) is 36.5 Å². The average molecular weight is 302 g/mol. The molecule has 0 aromatic heterocycles. The van der Waals surface area contributed by atoms with Crippen molar-refractivity contribution in [1.29, 1.82) is 0 Å². The number of piperidine rings is 1. The van der Waals surface area contributed by atoms with Crippen LogP contribution in [0.4, 0.5) is 5.69 Å². The molecule has 3 rings (SSSR count). The highest BCUT2D eigenvalue weighted by molar-refractivity contribution is 6.01. The summed E-state index contributed by atoms with van der Waals surface area (Å²) in [6.07, 6.45) is 3.78. The van der Waals surface area contributed by atoms with E-state index in [0.717, 1.165) is 25.3 Å². The molecular weight excluding hydrogens is 280 g/mol. The number of carbonyl (C=O) groups is 2. The molecule has 22 heavy (non-hydrogen) atoms. The second-order valence-electron chi connectivity index (χ2n) is 5.98. The Labute approximate surface area is 130 Å². The molecule has 0 unspecified atom stereocenters. The van der Waals surface area contributed by atoms with Gasteiger partial charge in [-0.05, 0) is 51.1 Å². The van der Waals surface area contributed by atoms with Crippen molar-refractivity contribution < 1.29 is 14.3 Å². The number of rotatable bonds is 4. The third-order valence-corrected chi connectivity index (χ3v) is 4.40. The van der Waals surface area contributed by atoms with E-state index >= 15 is 0 Å². The van der Waals surface area contributed by atoms with Crippen molar-refractivity contribution in [3.05, 3.63) is 23.8 Å². The molecule has 1 amide bonds. The standard InChI is InChI=1S/C17H22N2O3/c1-13(20)14-5-6-16-15(11-14)19(17(21)12-22-16)10-9-18-7-3-2-4-8-18/h5-6,11H,2-4,7-10,12H2,1H3. The maximum absolute atomic E-state index is 12.2. The summed E-state index contributed by atoms with van der Waals surface area (Å²) in [6, 6.07) is 5.30. The van der Waals surface area contributed by atoms with Gasteiger partial charge in [-0.1, -0.05) is 6.42 Å². The van der Waals surface area contributed by atoms with Crippen LogP contribution in [0.2, 0.25) is 0 Å². The number of hydrogen-bond acceptors (Lipinski definition) is 4. The van der Waals surface area contributed by atoms with Crippen LogP contribution >= 0.6 is 0 Å². The summed E-state index contributed by atoms with van der Waals surface area (Å²) in [6.45, 7) is 5.35. The minimum atomic E-state index is -0.0368. The van der Waals surface area contributed by atoms with Crippen LogP contribution in [0, 0.1) is 0 Å². The number of anilines is 1. The SMILES string of the molecule is CC(=O)c1ccc2c(c1)N(CCN1CCCCC1)C(=O)CO2. The second-order valence-corrected chi connectivity index (χ2v) is 5.98. The lowest BCUT2D eigenvalue weighted by atomic mass is 10.1. The monoisotopic (exact) mass is 302 g/mol. The predicted octanol–water partition coefficient (Wildman–Crippen LogP) is 2.10. The molecule has 0 N–H and O–H groups in total. The topological polar surface area (TPSA) is 49.9 Å². The van der Waals surface area contributed by atoms with Crippen molar-refractivity contribution in [2.45, 2.75) is 26.2 Å². The molecule has 118 valence electrons. The molecule has 2 aliphatic heterocycles. The molecule has 0 atom stereocenters. The lowest BCUT2D eigenvalue weighted by molar-refractivity contribution is -0.121. The Morgan fingerprint density at radius 3 is 2.68 bits per heavy atom. The first-order chi connectivity index (χ1) is 10.6. The first kappa shape index (κ1) is 15.0. The maximum Gasteiger partial charge on any atom is 0.265 e.